The van der Waals surface area contributed by atoms with Gasteiger partial charge in [-0.2, -0.15) is 0 Å². The van der Waals surface area contributed by atoms with Gasteiger partial charge in [-0.3, -0.25) is 4.79 Å². The predicted octanol–water partition coefficient (Wildman–Crippen LogP) is 2.71. The molecule has 0 aliphatic heterocycles. The molecule has 0 saturated heterocycles. The average molecular weight is 303 g/mol. The zero-order chi connectivity index (χ0) is 14.2. The molecule has 6 heteroatoms. The Kier molecular flexibility index (Phi) is 3.87. The lowest BCUT2D eigenvalue weighted by molar-refractivity contribution is -0.137. The first-order chi connectivity index (χ1) is 8.79. The lowest BCUT2D eigenvalue weighted by atomic mass is 9.91. The second kappa shape index (κ2) is 5.13. The number of benzene rings is 1. The van der Waals surface area contributed by atoms with E-state index in [-0.39, 0.29) is 23.2 Å². The maximum atomic E-state index is 11.8. The van der Waals surface area contributed by atoms with Crippen LogP contribution in [-0.4, -0.2) is 25.7 Å². The summed E-state index contributed by atoms with van der Waals surface area (Å²) in [7, 11) is -3.39. The topological polar surface area (TPSA) is 71.4 Å². The summed E-state index contributed by atoms with van der Waals surface area (Å²) in [5, 5.41) is 9.43. The van der Waals surface area contributed by atoms with Gasteiger partial charge in [0.05, 0.1) is 11.3 Å². The molecule has 0 heterocycles. The Morgan fingerprint density at radius 3 is 2.58 bits per heavy atom. The van der Waals surface area contributed by atoms with Crippen LogP contribution in [-0.2, 0) is 14.6 Å². The molecule has 2 rings (SSSR count). The Hall–Kier alpha value is -1.07. The second-order valence-electron chi connectivity index (χ2n) is 5.00. The Labute approximate surface area is 117 Å². The number of sulfone groups is 1. The molecule has 19 heavy (non-hydrogen) atoms. The van der Waals surface area contributed by atoms with Gasteiger partial charge in [-0.1, -0.05) is 11.6 Å². The molecule has 1 aliphatic rings. The molecule has 1 fully saturated rings. The van der Waals surface area contributed by atoms with Gasteiger partial charge in [0, 0.05) is 11.3 Å². The van der Waals surface area contributed by atoms with Crippen molar-refractivity contribution in [1.82, 2.24) is 0 Å². The van der Waals surface area contributed by atoms with Gasteiger partial charge in [0.1, 0.15) is 0 Å². The molecule has 1 aromatic carbocycles. The number of hydrogen-bond donors (Lipinski definition) is 1. The van der Waals surface area contributed by atoms with Gasteiger partial charge in [0.2, 0.25) is 0 Å². The van der Waals surface area contributed by atoms with E-state index in [4.69, 9.17) is 16.7 Å². The van der Waals surface area contributed by atoms with Gasteiger partial charge in [-0.05, 0) is 48.4 Å². The van der Waals surface area contributed by atoms with E-state index in [1.807, 2.05) is 0 Å². The summed E-state index contributed by atoms with van der Waals surface area (Å²) in [5.41, 5.74) is 0.542. The number of carboxylic acids is 1. The van der Waals surface area contributed by atoms with E-state index in [0.717, 1.165) is 19.1 Å². The summed E-state index contributed by atoms with van der Waals surface area (Å²) in [6.07, 6.45) is 2.94. The standard InChI is InChI=1S/C13H15ClO4S/c1-19(17,18)12-5-4-9(14)6-11(12)10(7-13(15)16)8-2-3-8/h4-6,8,10H,2-3,7H2,1H3,(H,15,16). The van der Waals surface area contributed by atoms with E-state index in [0.29, 0.717) is 10.6 Å². The SMILES string of the molecule is CS(=O)(=O)c1ccc(Cl)cc1C(CC(=O)O)C1CC1. The summed E-state index contributed by atoms with van der Waals surface area (Å²) >= 11 is 5.93. The number of carbonyl (C=O) groups is 1. The highest BCUT2D eigenvalue weighted by molar-refractivity contribution is 7.90. The van der Waals surface area contributed by atoms with Crippen LogP contribution < -0.4 is 0 Å². The van der Waals surface area contributed by atoms with E-state index in [2.05, 4.69) is 0 Å². The molecule has 1 aromatic rings. The highest BCUT2D eigenvalue weighted by Crippen LogP contribution is 2.46. The first-order valence-electron chi connectivity index (χ1n) is 6.00. The maximum Gasteiger partial charge on any atom is 0.303 e. The average Bonchev–Trinajstić information content (AvgIpc) is 3.07. The summed E-state index contributed by atoms with van der Waals surface area (Å²) in [6, 6.07) is 4.57. The number of halogens is 1. The van der Waals surface area contributed by atoms with E-state index < -0.39 is 15.8 Å². The van der Waals surface area contributed by atoms with E-state index >= 15 is 0 Å². The molecule has 1 aliphatic carbocycles. The van der Waals surface area contributed by atoms with Gasteiger partial charge in [-0.25, -0.2) is 8.42 Å². The van der Waals surface area contributed by atoms with Gasteiger partial charge >= 0.3 is 5.97 Å². The highest BCUT2D eigenvalue weighted by Gasteiger charge is 2.36. The third-order valence-electron chi connectivity index (χ3n) is 3.36. The van der Waals surface area contributed by atoms with Crippen LogP contribution in [0.1, 0.15) is 30.7 Å². The second-order valence-corrected chi connectivity index (χ2v) is 7.42. The molecule has 1 saturated carbocycles. The molecule has 1 N–H and O–H groups in total. The number of rotatable bonds is 5. The Bertz CT molecular complexity index is 605. The highest BCUT2D eigenvalue weighted by atomic mass is 35.5. The lowest BCUT2D eigenvalue weighted by Gasteiger charge is -2.18. The van der Waals surface area contributed by atoms with Crippen molar-refractivity contribution in [3.63, 3.8) is 0 Å². The first-order valence-corrected chi connectivity index (χ1v) is 8.27. The van der Waals surface area contributed by atoms with Crippen molar-refractivity contribution in [2.75, 3.05) is 6.26 Å². The zero-order valence-electron chi connectivity index (χ0n) is 10.5. The summed E-state index contributed by atoms with van der Waals surface area (Å²) in [4.78, 5) is 11.2. The first kappa shape index (κ1) is 14.3. The largest absolute Gasteiger partial charge is 0.481 e. The normalized spacial score (nSPS) is 17.2. The number of aliphatic carboxylic acids is 1. The zero-order valence-corrected chi connectivity index (χ0v) is 12.0. The molecular formula is C13H15ClO4S. The minimum absolute atomic E-state index is 0.0620. The maximum absolute atomic E-state index is 11.8. The van der Waals surface area contributed by atoms with Crippen LogP contribution >= 0.6 is 11.6 Å². The summed E-state index contributed by atoms with van der Waals surface area (Å²) in [6.45, 7) is 0. The molecule has 0 amide bonds. The molecule has 0 spiro atoms. The van der Waals surface area contributed by atoms with Gasteiger partial charge in [0.25, 0.3) is 0 Å². The Morgan fingerprint density at radius 1 is 1.47 bits per heavy atom. The van der Waals surface area contributed by atoms with Crippen molar-refractivity contribution < 1.29 is 18.3 Å². The van der Waals surface area contributed by atoms with Crippen molar-refractivity contribution in [2.45, 2.75) is 30.1 Å². The molecule has 4 nitrogen and oxygen atoms in total. The third-order valence-corrected chi connectivity index (χ3v) is 4.76. The van der Waals surface area contributed by atoms with E-state index in [1.165, 1.54) is 12.1 Å². The fourth-order valence-corrected chi connectivity index (χ4v) is 3.50. The van der Waals surface area contributed by atoms with Crippen molar-refractivity contribution in [1.29, 1.82) is 0 Å². The minimum atomic E-state index is -3.39. The van der Waals surface area contributed by atoms with Gasteiger partial charge in [-0.15, -0.1) is 0 Å². The van der Waals surface area contributed by atoms with E-state index in [9.17, 15) is 13.2 Å². The molecule has 1 unspecified atom stereocenters. The quantitative estimate of drug-likeness (QED) is 0.908. The Balaban J connectivity index is 2.51. The fraction of sp³-hybridized carbons (Fsp3) is 0.462. The van der Waals surface area contributed by atoms with Crippen molar-refractivity contribution in [3.05, 3.63) is 28.8 Å². The molecule has 0 aromatic heterocycles. The smallest absolute Gasteiger partial charge is 0.303 e. The van der Waals surface area contributed by atoms with Crippen molar-refractivity contribution in [2.24, 2.45) is 5.92 Å². The minimum Gasteiger partial charge on any atom is -0.481 e. The Morgan fingerprint density at radius 2 is 2.11 bits per heavy atom. The molecule has 0 bridgehead atoms. The monoisotopic (exact) mass is 302 g/mol. The lowest BCUT2D eigenvalue weighted by Crippen LogP contribution is -2.12. The van der Waals surface area contributed by atoms with Crippen LogP contribution in [0.25, 0.3) is 0 Å². The molecule has 0 radical (unpaired) electrons. The van der Waals surface area contributed by atoms with Crippen molar-refractivity contribution >= 4 is 27.4 Å². The fourth-order valence-electron chi connectivity index (χ4n) is 2.36. The van der Waals surface area contributed by atoms with Crippen LogP contribution in [0, 0.1) is 5.92 Å². The van der Waals surface area contributed by atoms with Crippen LogP contribution in [0.3, 0.4) is 0 Å². The molecule has 104 valence electrons. The van der Waals surface area contributed by atoms with E-state index in [1.54, 1.807) is 6.07 Å². The van der Waals surface area contributed by atoms with Crippen molar-refractivity contribution in [3.8, 4) is 0 Å². The summed E-state index contributed by atoms with van der Waals surface area (Å²) in [5.74, 6) is -0.952. The predicted molar refractivity (Wildman–Crippen MR) is 72.3 cm³/mol. The molecule has 1 atom stereocenters. The van der Waals surface area contributed by atoms with Gasteiger partial charge in [0.15, 0.2) is 9.84 Å². The van der Waals surface area contributed by atoms with Crippen LogP contribution in [0.15, 0.2) is 23.1 Å². The number of hydrogen-bond acceptors (Lipinski definition) is 3. The molecular weight excluding hydrogens is 288 g/mol. The summed E-state index contributed by atoms with van der Waals surface area (Å²) < 4.78 is 23.6. The van der Waals surface area contributed by atoms with Crippen LogP contribution in [0.2, 0.25) is 5.02 Å². The van der Waals surface area contributed by atoms with Crippen LogP contribution in [0.4, 0.5) is 0 Å². The van der Waals surface area contributed by atoms with Gasteiger partial charge < -0.3 is 5.11 Å². The number of carboxylic acid groups (broad SMARTS) is 1. The third kappa shape index (κ3) is 3.48. The van der Waals surface area contributed by atoms with Crippen LogP contribution in [0.5, 0.6) is 0 Å².